The van der Waals surface area contributed by atoms with E-state index in [-0.39, 0.29) is 11.8 Å². The first kappa shape index (κ1) is 12.8. The summed E-state index contributed by atoms with van der Waals surface area (Å²) in [6.07, 6.45) is 0. The molecule has 1 aliphatic rings. The van der Waals surface area contributed by atoms with Gasteiger partial charge in [-0.05, 0) is 30.7 Å². The van der Waals surface area contributed by atoms with Crippen molar-refractivity contribution < 1.29 is 9.21 Å². The van der Waals surface area contributed by atoms with Crippen LogP contribution in [0.15, 0.2) is 40.8 Å². The summed E-state index contributed by atoms with van der Waals surface area (Å²) in [5.41, 5.74) is 2.15. The Morgan fingerprint density at radius 2 is 2.15 bits per heavy atom. The van der Waals surface area contributed by atoms with Crippen LogP contribution in [0.1, 0.15) is 23.0 Å². The number of likely N-dealkylation sites (N-methyl/N-ethyl adjacent to an activating group) is 1. The Morgan fingerprint density at radius 3 is 2.90 bits per heavy atom. The molecule has 1 aliphatic heterocycles. The lowest BCUT2D eigenvalue weighted by Crippen LogP contribution is -2.32. The molecule has 1 amide bonds. The van der Waals surface area contributed by atoms with Gasteiger partial charge in [-0.2, -0.15) is 0 Å². The number of hydrogen-bond acceptors (Lipinski definition) is 3. The van der Waals surface area contributed by atoms with Crippen LogP contribution in [0.25, 0.3) is 0 Å². The molecule has 1 N–H and O–H groups in total. The third kappa shape index (κ3) is 2.29. The summed E-state index contributed by atoms with van der Waals surface area (Å²) < 4.78 is 5.53. The number of aryl methyl sites for hydroxylation is 1. The summed E-state index contributed by atoms with van der Waals surface area (Å²) in [5.74, 6) is 1.70. The number of amides is 1. The van der Waals surface area contributed by atoms with Gasteiger partial charge in [-0.25, -0.2) is 0 Å². The van der Waals surface area contributed by atoms with Crippen molar-refractivity contribution in [3.05, 3.63) is 53.5 Å². The fourth-order valence-corrected chi connectivity index (χ4v) is 2.65. The van der Waals surface area contributed by atoms with Crippen molar-refractivity contribution in [3.8, 4) is 0 Å². The second-order valence-corrected chi connectivity index (χ2v) is 5.23. The Labute approximate surface area is 118 Å². The molecule has 2 aromatic rings. The van der Waals surface area contributed by atoms with Crippen molar-refractivity contribution in [1.82, 2.24) is 4.90 Å². The number of para-hydroxylation sites is 1. The third-order valence-electron chi connectivity index (χ3n) is 3.70. The molecule has 1 unspecified atom stereocenters. The molecule has 2 heterocycles. The van der Waals surface area contributed by atoms with Crippen molar-refractivity contribution in [2.75, 3.05) is 18.9 Å². The van der Waals surface area contributed by atoms with Crippen molar-refractivity contribution in [3.63, 3.8) is 0 Å². The first-order chi connectivity index (χ1) is 9.65. The number of nitrogens with zero attached hydrogens (tertiary/aromatic N) is 1. The van der Waals surface area contributed by atoms with E-state index < -0.39 is 0 Å². The van der Waals surface area contributed by atoms with E-state index in [1.165, 1.54) is 0 Å². The number of carbonyl (C=O) groups excluding carboxylic acids is 1. The summed E-state index contributed by atoms with van der Waals surface area (Å²) in [7, 11) is 1.82. The minimum absolute atomic E-state index is 0.104. The van der Waals surface area contributed by atoms with E-state index in [2.05, 4.69) is 5.32 Å². The molecule has 0 aliphatic carbocycles. The van der Waals surface area contributed by atoms with Crippen molar-refractivity contribution in [1.29, 1.82) is 0 Å². The molecular weight excluding hydrogens is 252 g/mol. The Hall–Kier alpha value is -2.23. The average molecular weight is 270 g/mol. The molecule has 0 saturated carbocycles. The molecule has 104 valence electrons. The Bertz CT molecular complexity index is 633. The highest BCUT2D eigenvalue weighted by molar-refractivity contribution is 5.88. The lowest BCUT2D eigenvalue weighted by atomic mass is 10.00. The number of nitrogens with one attached hydrogen (secondary N) is 1. The molecule has 20 heavy (non-hydrogen) atoms. The number of carbonyl (C=O) groups is 1. The maximum absolute atomic E-state index is 12.6. The molecule has 0 spiro atoms. The molecule has 0 fully saturated rings. The van der Waals surface area contributed by atoms with Gasteiger partial charge in [-0.1, -0.05) is 18.2 Å². The fourth-order valence-electron chi connectivity index (χ4n) is 2.65. The van der Waals surface area contributed by atoms with E-state index in [9.17, 15) is 4.79 Å². The van der Waals surface area contributed by atoms with Gasteiger partial charge >= 0.3 is 0 Å². The van der Waals surface area contributed by atoms with E-state index in [4.69, 9.17) is 4.42 Å². The van der Waals surface area contributed by atoms with Crippen molar-refractivity contribution in [2.24, 2.45) is 0 Å². The maximum Gasteiger partial charge on any atom is 0.232 e. The van der Waals surface area contributed by atoms with Crippen LogP contribution < -0.4 is 5.32 Å². The van der Waals surface area contributed by atoms with Crippen LogP contribution in [-0.4, -0.2) is 24.4 Å². The van der Waals surface area contributed by atoms with Gasteiger partial charge < -0.3 is 14.6 Å². The Balaban J connectivity index is 1.73. The number of rotatable bonds is 3. The molecular formula is C16H18N2O2. The topological polar surface area (TPSA) is 45.5 Å². The van der Waals surface area contributed by atoms with Crippen molar-refractivity contribution >= 4 is 11.6 Å². The highest BCUT2D eigenvalue weighted by Crippen LogP contribution is 2.32. The molecule has 1 aromatic heterocycles. The van der Waals surface area contributed by atoms with Gasteiger partial charge in [-0.3, -0.25) is 4.79 Å². The van der Waals surface area contributed by atoms with E-state index >= 15 is 0 Å². The number of hydrogen-bond donors (Lipinski definition) is 1. The van der Waals surface area contributed by atoms with E-state index in [0.717, 1.165) is 22.8 Å². The van der Waals surface area contributed by atoms with Crippen LogP contribution in [0.2, 0.25) is 0 Å². The molecule has 0 saturated heterocycles. The zero-order valence-corrected chi connectivity index (χ0v) is 11.7. The number of anilines is 1. The standard InChI is InChI=1S/C16H18N2O2/c1-11-7-8-12(20-11)10-18(2)16(19)14-9-17-15-6-4-3-5-13(14)15/h3-8,14,17H,9-10H2,1-2H3. The van der Waals surface area contributed by atoms with Gasteiger partial charge in [0.1, 0.15) is 11.5 Å². The molecule has 1 atom stereocenters. The summed E-state index contributed by atoms with van der Waals surface area (Å²) in [4.78, 5) is 14.3. The van der Waals surface area contributed by atoms with Gasteiger partial charge in [-0.15, -0.1) is 0 Å². The first-order valence-corrected chi connectivity index (χ1v) is 6.78. The van der Waals surface area contributed by atoms with Gasteiger partial charge in [0, 0.05) is 19.3 Å². The van der Waals surface area contributed by atoms with Gasteiger partial charge in [0.25, 0.3) is 0 Å². The van der Waals surface area contributed by atoms with Gasteiger partial charge in [0.15, 0.2) is 0 Å². The summed E-state index contributed by atoms with van der Waals surface area (Å²) in [6.45, 7) is 3.08. The molecule has 4 nitrogen and oxygen atoms in total. The van der Waals surface area contributed by atoms with E-state index in [0.29, 0.717) is 13.1 Å². The van der Waals surface area contributed by atoms with Crippen LogP contribution in [0.5, 0.6) is 0 Å². The highest BCUT2D eigenvalue weighted by Gasteiger charge is 2.30. The maximum atomic E-state index is 12.6. The predicted octanol–water partition coefficient (Wildman–Crippen LogP) is 2.76. The monoisotopic (exact) mass is 270 g/mol. The second kappa shape index (κ2) is 5.04. The Morgan fingerprint density at radius 1 is 1.35 bits per heavy atom. The lowest BCUT2D eigenvalue weighted by Gasteiger charge is -2.20. The van der Waals surface area contributed by atoms with E-state index in [1.807, 2.05) is 50.4 Å². The van der Waals surface area contributed by atoms with Crippen LogP contribution in [0.4, 0.5) is 5.69 Å². The summed E-state index contributed by atoms with van der Waals surface area (Å²) >= 11 is 0. The predicted molar refractivity (Wildman–Crippen MR) is 77.6 cm³/mol. The smallest absolute Gasteiger partial charge is 0.232 e. The summed E-state index contributed by atoms with van der Waals surface area (Å²) in [6, 6.07) is 11.8. The quantitative estimate of drug-likeness (QED) is 0.932. The zero-order valence-electron chi connectivity index (χ0n) is 11.7. The number of furan rings is 1. The Kier molecular flexibility index (Phi) is 3.22. The molecule has 0 bridgehead atoms. The average Bonchev–Trinajstić information content (AvgIpc) is 3.04. The fraction of sp³-hybridized carbons (Fsp3) is 0.312. The number of fused-ring (bicyclic) bond motifs is 1. The lowest BCUT2D eigenvalue weighted by molar-refractivity contribution is -0.131. The minimum atomic E-state index is -0.104. The normalized spacial score (nSPS) is 16.6. The zero-order chi connectivity index (χ0) is 14.1. The summed E-state index contributed by atoms with van der Waals surface area (Å²) in [5, 5.41) is 3.28. The van der Waals surface area contributed by atoms with Crippen LogP contribution in [0, 0.1) is 6.92 Å². The number of benzene rings is 1. The van der Waals surface area contributed by atoms with Gasteiger partial charge in [0.05, 0.1) is 12.5 Å². The molecule has 1 aromatic carbocycles. The van der Waals surface area contributed by atoms with Crippen LogP contribution in [-0.2, 0) is 11.3 Å². The highest BCUT2D eigenvalue weighted by atomic mass is 16.3. The molecule has 3 rings (SSSR count). The molecule has 0 radical (unpaired) electrons. The molecule has 4 heteroatoms. The van der Waals surface area contributed by atoms with Crippen molar-refractivity contribution in [2.45, 2.75) is 19.4 Å². The third-order valence-corrected chi connectivity index (χ3v) is 3.70. The SMILES string of the molecule is Cc1ccc(CN(C)C(=O)C2CNc3ccccc32)o1. The second-order valence-electron chi connectivity index (χ2n) is 5.23. The van der Waals surface area contributed by atoms with Crippen LogP contribution >= 0.6 is 0 Å². The van der Waals surface area contributed by atoms with Crippen LogP contribution in [0.3, 0.4) is 0 Å². The largest absolute Gasteiger partial charge is 0.464 e. The van der Waals surface area contributed by atoms with Gasteiger partial charge in [0.2, 0.25) is 5.91 Å². The first-order valence-electron chi connectivity index (χ1n) is 6.78. The minimum Gasteiger partial charge on any atom is -0.464 e. The van der Waals surface area contributed by atoms with E-state index in [1.54, 1.807) is 4.90 Å².